The second-order valence-corrected chi connectivity index (χ2v) is 10.5. The number of H-pyrrole nitrogens is 1. The summed E-state index contributed by atoms with van der Waals surface area (Å²) in [5, 5.41) is 5.53. The molecule has 1 N–H and O–H groups in total. The Bertz CT molecular complexity index is 1430. The first-order valence-electron chi connectivity index (χ1n) is 11.7. The van der Waals surface area contributed by atoms with Gasteiger partial charge in [0.1, 0.15) is 10.7 Å². The minimum absolute atomic E-state index is 0.866. The summed E-state index contributed by atoms with van der Waals surface area (Å²) in [4.78, 5) is 15.2. The van der Waals surface area contributed by atoms with Crippen LogP contribution in [0.3, 0.4) is 0 Å². The summed E-state index contributed by atoms with van der Waals surface area (Å²) in [6.07, 6.45) is 8.45. The number of thiazole rings is 1. The Labute approximate surface area is 210 Å². The molecule has 5 heterocycles. The maximum Gasteiger partial charge on any atom is 0.137 e. The summed E-state index contributed by atoms with van der Waals surface area (Å²) in [7, 11) is 0. The van der Waals surface area contributed by atoms with Crippen molar-refractivity contribution in [3.8, 4) is 21.8 Å². The van der Waals surface area contributed by atoms with E-state index in [1.54, 1.807) is 11.3 Å². The molecule has 1 aliphatic rings. The molecule has 0 aliphatic carbocycles. The maximum atomic E-state index is 5.46. The van der Waals surface area contributed by atoms with Gasteiger partial charge in [-0.05, 0) is 49.7 Å². The van der Waals surface area contributed by atoms with Crippen LogP contribution in [-0.4, -0.2) is 57.3 Å². The molecule has 0 radical (unpaired) electrons. The smallest absolute Gasteiger partial charge is 0.137 e. The largest absolute Gasteiger partial charge is 0.379 e. The third-order valence-corrected chi connectivity index (χ3v) is 7.90. The molecule has 174 valence electrons. The molecule has 1 aromatic carbocycles. The average molecular weight is 536 g/mol. The molecule has 6 rings (SSSR count). The number of nitrogens with zero attached hydrogens (tertiary/aromatic N) is 4. The van der Waals surface area contributed by atoms with E-state index < -0.39 is 0 Å². The normalized spacial score (nSPS) is 15.0. The van der Waals surface area contributed by atoms with Crippen LogP contribution in [0.25, 0.3) is 43.8 Å². The first kappa shape index (κ1) is 22.0. The summed E-state index contributed by atoms with van der Waals surface area (Å²) in [5.74, 6) is 0. The number of halogens is 1. The van der Waals surface area contributed by atoms with Crippen LogP contribution in [0.2, 0.25) is 0 Å². The molecule has 0 spiro atoms. The molecule has 1 saturated heterocycles. The zero-order valence-electron chi connectivity index (χ0n) is 18.8. The van der Waals surface area contributed by atoms with Crippen LogP contribution in [0, 0.1) is 0 Å². The number of unbranched alkanes of at least 4 members (excludes halogenated alkanes) is 1. The van der Waals surface area contributed by atoms with Crippen molar-refractivity contribution in [2.75, 3.05) is 32.8 Å². The van der Waals surface area contributed by atoms with Gasteiger partial charge in [-0.1, -0.05) is 15.9 Å². The minimum atomic E-state index is 0.866. The fourth-order valence-electron chi connectivity index (χ4n) is 4.76. The molecule has 8 heteroatoms. The molecule has 0 unspecified atom stereocenters. The highest BCUT2D eigenvalue weighted by atomic mass is 79.9. The monoisotopic (exact) mass is 535 g/mol. The van der Waals surface area contributed by atoms with Gasteiger partial charge < -0.3 is 14.3 Å². The molecule has 5 aromatic rings. The first-order valence-corrected chi connectivity index (χ1v) is 13.4. The van der Waals surface area contributed by atoms with Gasteiger partial charge in [0.15, 0.2) is 0 Å². The van der Waals surface area contributed by atoms with Crippen molar-refractivity contribution in [1.29, 1.82) is 0 Å². The van der Waals surface area contributed by atoms with E-state index >= 15 is 0 Å². The van der Waals surface area contributed by atoms with Crippen molar-refractivity contribution in [3.63, 3.8) is 0 Å². The van der Waals surface area contributed by atoms with Gasteiger partial charge in [0, 0.05) is 75.5 Å². The fraction of sp³-hybridized carbons (Fsp3) is 0.308. The van der Waals surface area contributed by atoms with Crippen LogP contribution in [0.5, 0.6) is 0 Å². The van der Waals surface area contributed by atoms with E-state index in [-0.39, 0.29) is 0 Å². The number of morpholine rings is 1. The number of fused-ring (bicyclic) bond motifs is 2. The lowest BCUT2D eigenvalue weighted by atomic mass is 10.1. The SMILES string of the molecule is Brc1ccc2c(c1)c(-c1nc(-c3c[nH]c4ncccc34)cs1)cn2CCCCN1CCOCC1. The van der Waals surface area contributed by atoms with E-state index in [2.05, 4.69) is 71.2 Å². The summed E-state index contributed by atoms with van der Waals surface area (Å²) in [6, 6.07) is 10.6. The van der Waals surface area contributed by atoms with E-state index in [1.807, 2.05) is 18.5 Å². The van der Waals surface area contributed by atoms with E-state index in [0.717, 1.165) is 77.6 Å². The van der Waals surface area contributed by atoms with Crippen molar-refractivity contribution in [2.24, 2.45) is 0 Å². The van der Waals surface area contributed by atoms with Crippen LogP contribution in [-0.2, 0) is 11.3 Å². The lowest BCUT2D eigenvalue weighted by Gasteiger charge is -2.26. The molecule has 34 heavy (non-hydrogen) atoms. The first-order chi connectivity index (χ1) is 16.8. The van der Waals surface area contributed by atoms with Gasteiger partial charge in [-0.25, -0.2) is 9.97 Å². The molecule has 0 amide bonds. The average Bonchev–Trinajstić information content (AvgIpc) is 3.59. The lowest BCUT2D eigenvalue weighted by molar-refractivity contribution is 0.0371. The summed E-state index contributed by atoms with van der Waals surface area (Å²) in [5.41, 5.74) is 5.43. The molecular weight excluding hydrogens is 510 g/mol. The van der Waals surface area contributed by atoms with Crippen molar-refractivity contribution in [1.82, 2.24) is 24.4 Å². The van der Waals surface area contributed by atoms with Gasteiger partial charge in [0.05, 0.1) is 18.9 Å². The van der Waals surface area contributed by atoms with E-state index in [1.165, 1.54) is 22.9 Å². The third-order valence-electron chi connectivity index (χ3n) is 6.53. The Balaban J connectivity index is 1.26. The van der Waals surface area contributed by atoms with Gasteiger partial charge in [0.25, 0.3) is 0 Å². The fourth-order valence-corrected chi connectivity index (χ4v) is 5.96. The van der Waals surface area contributed by atoms with Crippen molar-refractivity contribution >= 4 is 49.2 Å². The molecule has 1 fully saturated rings. The van der Waals surface area contributed by atoms with Crippen LogP contribution < -0.4 is 0 Å². The molecule has 1 aliphatic heterocycles. The number of benzene rings is 1. The van der Waals surface area contributed by atoms with Crippen molar-refractivity contribution in [2.45, 2.75) is 19.4 Å². The number of pyridine rings is 1. The number of rotatable bonds is 7. The third kappa shape index (κ3) is 4.31. The molecule has 0 bridgehead atoms. The number of aryl methyl sites for hydroxylation is 1. The van der Waals surface area contributed by atoms with Gasteiger partial charge in [0.2, 0.25) is 0 Å². The summed E-state index contributed by atoms with van der Waals surface area (Å²) < 4.78 is 8.95. The number of ether oxygens (including phenoxy) is 1. The van der Waals surface area contributed by atoms with Gasteiger partial charge in [-0.2, -0.15) is 0 Å². The predicted octanol–water partition coefficient (Wildman–Crippen LogP) is 6.18. The highest BCUT2D eigenvalue weighted by Crippen LogP contribution is 2.37. The number of aromatic nitrogens is 4. The van der Waals surface area contributed by atoms with E-state index in [9.17, 15) is 0 Å². The Hall–Kier alpha value is -2.52. The van der Waals surface area contributed by atoms with E-state index in [0.29, 0.717) is 0 Å². The van der Waals surface area contributed by atoms with Crippen LogP contribution in [0.4, 0.5) is 0 Å². The van der Waals surface area contributed by atoms with Gasteiger partial charge in [-0.3, -0.25) is 4.90 Å². The zero-order chi connectivity index (χ0) is 22.9. The standard InChI is InChI=1S/C26H26BrN5OS/c27-18-5-6-24-20(14-18)22(16-32(24)9-2-1-8-31-10-12-33-13-11-31)26-30-23(17-34-26)21-15-29-25-19(21)4-3-7-28-25/h3-7,14-17H,1-2,8-13H2,(H,28,29). The molecule has 0 atom stereocenters. The minimum Gasteiger partial charge on any atom is -0.379 e. The zero-order valence-corrected chi connectivity index (χ0v) is 21.2. The number of hydrogen-bond donors (Lipinski definition) is 1. The molecule has 6 nitrogen and oxygen atoms in total. The summed E-state index contributed by atoms with van der Waals surface area (Å²) in [6.45, 7) is 6.01. The Kier molecular flexibility index (Phi) is 6.22. The molecule has 0 saturated carbocycles. The Morgan fingerprint density at radius 3 is 2.85 bits per heavy atom. The summed E-state index contributed by atoms with van der Waals surface area (Å²) >= 11 is 5.37. The highest BCUT2D eigenvalue weighted by molar-refractivity contribution is 9.10. The molecule has 4 aromatic heterocycles. The van der Waals surface area contributed by atoms with Crippen LogP contribution in [0.15, 0.2) is 58.8 Å². The number of aromatic amines is 1. The quantitative estimate of drug-likeness (QED) is 0.252. The maximum absolute atomic E-state index is 5.46. The second-order valence-electron chi connectivity index (χ2n) is 8.70. The second kappa shape index (κ2) is 9.62. The van der Waals surface area contributed by atoms with E-state index in [4.69, 9.17) is 9.72 Å². The van der Waals surface area contributed by atoms with Crippen molar-refractivity contribution < 1.29 is 4.74 Å². The number of nitrogens with one attached hydrogen (secondary N) is 1. The lowest BCUT2D eigenvalue weighted by Crippen LogP contribution is -2.36. The Morgan fingerprint density at radius 1 is 1.06 bits per heavy atom. The topological polar surface area (TPSA) is 59.0 Å². The van der Waals surface area contributed by atoms with Crippen LogP contribution in [0.1, 0.15) is 12.8 Å². The number of hydrogen-bond acceptors (Lipinski definition) is 5. The highest BCUT2D eigenvalue weighted by Gasteiger charge is 2.16. The van der Waals surface area contributed by atoms with Crippen molar-refractivity contribution in [3.05, 3.63) is 58.8 Å². The Morgan fingerprint density at radius 2 is 1.94 bits per heavy atom. The van der Waals surface area contributed by atoms with Crippen LogP contribution >= 0.6 is 27.3 Å². The predicted molar refractivity (Wildman–Crippen MR) is 142 cm³/mol. The van der Waals surface area contributed by atoms with Gasteiger partial charge in [-0.15, -0.1) is 11.3 Å². The van der Waals surface area contributed by atoms with Gasteiger partial charge >= 0.3 is 0 Å². The molecular formula is C26H26BrN5OS.